The Kier molecular flexibility index (Phi) is 4.93. The number of anilines is 1. The van der Waals surface area contributed by atoms with Gasteiger partial charge in [-0.05, 0) is 37.4 Å². The van der Waals surface area contributed by atoms with Crippen molar-refractivity contribution in [3.63, 3.8) is 0 Å². The maximum absolute atomic E-state index is 12.7. The van der Waals surface area contributed by atoms with Crippen molar-refractivity contribution in [2.45, 2.75) is 17.9 Å². The highest BCUT2D eigenvalue weighted by atomic mass is 32.2. The molecule has 0 aliphatic carbocycles. The summed E-state index contributed by atoms with van der Waals surface area (Å²) in [6, 6.07) is 11.3. The minimum absolute atomic E-state index is 0.131. The number of ether oxygens (including phenoxy) is 1. The monoisotopic (exact) mass is 332 g/mol. The molecule has 2 heterocycles. The zero-order chi connectivity index (χ0) is 16.2. The molecule has 2 amide bonds. The lowest BCUT2D eigenvalue weighted by Gasteiger charge is -2.34. The number of morpholine rings is 1. The Morgan fingerprint density at radius 3 is 2.87 bits per heavy atom. The van der Waals surface area contributed by atoms with Gasteiger partial charge in [0.1, 0.15) is 17.6 Å². The van der Waals surface area contributed by atoms with E-state index in [1.54, 1.807) is 16.7 Å². The van der Waals surface area contributed by atoms with Gasteiger partial charge in [0.05, 0.1) is 18.9 Å². The normalized spacial score (nSPS) is 18.0. The quantitative estimate of drug-likeness (QED) is 0.866. The molecule has 122 valence electrons. The van der Waals surface area contributed by atoms with Gasteiger partial charge in [-0.15, -0.1) is 11.8 Å². The average Bonchev–Trinajstić information content (AvgIpc) is 3.01. The minimum atomic E-state index is -0.195. The molecule has 0 saturated carbocycles. The number of carbonyl (C=O) groups excluding carboxylic acids is 1. The number of nitrogens with zero attached hydrogens (tertiary/aromatic N) is 1. The average molecular weight is 332 g/mol. The van der Waals surface area contributed by atoms with Crippen molar-refractivity contribution in [1.82, 2.24) is 4.90 Å². The summed E-state index contributed by atoms with van der Waals surface area (Å²) in [6.07, 6.45) is 1.99. The predicted molar refractivity (Wildman–Crippen MR) is 91.0 cm³/mol. The SMILES string of the molecule is CSc1ccccc1NC(=O)N1CCOC[C@@H]1c1ccc(C)o1. The van der Waals surface area contributed by atoms with E-state index in [0.717, 1.165) is 22.1 Å². The molecule has 23 heavy (non-hydrogen) atoms. The summed E-state index contributed by atoms with van der Waals surface area (Å²) in [5.41, 5.74) is 0.825. The van der Waals surface area contributed by atoms with Gasteiger partial charge in [0.15, 0.2) is 0 Å². The third kappa shape index (κ3) is 3.54. The molecule has 1 atom stereocenters. The van der Waals surface area contributed by atoms with E-state index < -0.39 is 0 Å². The van der Waals surface area contributed by atoms with Crippen molar-refractivity contribution in [2.75, 3.05) is 31.3 Å². The molecule has 0 radical (unpaired) electrons. The largest absolute Gasteiger partial charge is 0.464 e. The van der Waals surface area contributed by atoms with Crippen LogP contribution in [0.2, 0.25) is 0 Å². The van der Waals surface area contributed by atoms with Crippen LogP contribution >= 0.6 is 11.8 Å². The van der Waals surface area contributed by atoms with Crippen molar-refractivity contribution < 1.29 is 13.9 Å². The van der Waals surface area contributed by atoms with Crippen LogP contribution in [0.25, 0.3) is 0 Å². The molecular weight excluding hydrogens is 312 g/mol. The van der Waals surface area contributed by atoms with Gasteiger partial charge in [0, 0.05) is 11.4 Å². The third-order valence-electron chi connectivity index (χ3n) is 3.83. The zero-order valence-corrected chi connectivity index (χ0v) is 14.1. The van der Waals surface area contributed by atoms with Crippen LogP contribution in [0.5, 0.6) is 0 Å². The van der Waals surface area contributed by atoms with Crippen LogP contribution in [0.15, 0.2) is 45.7 Å². The number of hydrogen-bond donors (Lipinski definition) is 1. The fraction of sp³-hybridized carbons (Fsp3) is 0.353. The van der Waals surface area contributed by atoms with E-state index in [1.807, 2.05) is 49.6 Å². The van der Waals surface area contributed by atoms with E-state index in [-0.39, 0.29) is 12.1 Å². The van der Waals surface area contributed by atoms with E-state index in [4.69, 9.17) is 9.15 Å². The van der Waals surface area contributed by atoms with E-state index in [9.17, 15) is 4.79 Å². The van der Waals surface area contributed by atoms with Crippen LogP contribution in [-0.4, -0.2) is 36.9 Å². The standard InChI is InChI=1S/C17H20N2O3S/c1-12-7-8-15(22-12)14-11-21-10-9-19(14)17(20)18-13-5-3-4-6-16(13)23-2/h3-8,14H,9-11H2,1-2H3,(H,18,20)/t14-/m1/s1. The van der Waals surface area contributed by atoms with Gasteiger partial charge in [-0.1, -0.05) is 12.1 Å². The summed E-state index contributed by atoms with van der Waals surface area (Å²) >= 11 is 1.61. The Morgan fingerprint density at radius 1 is 1.30 bits per heavy atom. The number of para-hydroxylation sites is 1. The van der Waals surface area contributed by atoms with E-state index in [2.05, 4.69) is 5.32 Å². The van der Waals surface area contributed by atoms with Crippen LogP contribution in [0.3, 0.4) is 0 Å². The van der Waals surface area contributed by atoms with Gasteiger partial charge in [0.2, 0.25) is 0 Å². The summed E-state index contributed by atoms with van der Waals surface area (Å²) in [5.74, 6) is 1.59. The Balaban J connectivity index is 1.79. The topological polar surface area (TPSA) is 54.7 Å². The Hall–Kier alpha value is -1.92. The van der Waals surface area contributed by atoms with Crippen molar-refractivity contribution in [2.24, 2.45) is 0 Å². The molecule has 3 rings (SSSR count). The maximum atomic E-state index is 12.7. The molecule has 1 aromatic heterocycles. The molecule has 2 aromatic rings. The highest BCUT2D eigenvalue weighted by molar-refractivity contribution is 7.98. The van der Waals surface area contributed by atoms with Crippen LogP contribution in [0.1, 0.15) is 17.6 Å². The third-order valence-corrected chi connectivity index (χ3v) is 4.62. The first-order chi connectivity index (χ1) is 11.2. The lowest BCUT2D eigenvalue weighted by Crippen LogP contribution is -2.45. The first kappa shape index (κ1) is 16.0. The molecule has 1 N–H and O–H groups in total. The number of aryl methyl sites for hydroxylation is 1. The molecule has 1 aliphatic rings. The fourth-order valence-electron chi connectivity index (χ4n) is 2.65. The highest BCUT2D eigenvalue weighted by Gasteiger charge is 2.31. The first-order valence-corrected chi connectivity index (χ1v) is 8.76. The maximum Gasteiger partial charge on any atom is 0.322 e. The number of benzene rings is 1. The van der Waals surface area contributed by atoms with Crippen molar-refractivity contribution in [1.29, 1.82) is 0 Å². The fourth-order valence-corrected chi connectivity index (χ4v) is 3.20. The smallest absolute Gasteiger partial charge is 0.322 e. The van der Waals surface area contributed by atoms with Gasteiger partial charge < -0.3 is 19.4 Å². The Labute approximate surface area is 140 Å². The van der Waals surface area contributed by atoms with Gasteiger partial charge >= 0.3 is 6.03 Å². The van der Waals surface area contributed by atoms with E-state index in [1.165, 1.54) is 0 Å². The van der Waals surface area contributed by atoms with Crippen molar-refractivity contribution in [3.8, 4) is 0 Å². The second-order valence-electron chi connectivity index (χ2n) is 5.36. The Morgan fingerprint density at radius 2 is 2.13 bits per heavy atom. The molecular formula is C17H20N2O3S. The van der Waals surface area contributed by atoms with Gasteiger partial charge in [-0.2, -0.15) is 0 Å². The molecule has 6 heteroatoms. The molecule has 0 spiro atoms. The number of hydrogen-bond acceptors (Lipinski definition) is 4. The minimum Gasteiger partial charge on any atom is -0.464 e. The van der Waals surface area contributed by atoms with Crippen LogP contribution in [0.4, 0.5) is 10.5 Å². The summed E-state index contributed by atoms with van der Waals surface area (Å²) in [7, 11) is 0. The molecule has 5 nitrogen and oxygen atoms in total. The lowest BCUT2D eigenvalue weighted by molar-refractivity contribution is 0.00709. The van der Waals surface area contributed by atoms with E-state index >= 15 is 0 Å². The number of thioether (sulfide) groups is 1. The molecule has 1 aliphatic heterocycles. The number of rotatable bonds is 3. The highest BCUT2D eigenvalue weighted by Crippen LogP contribution is 2.29. The Bertz CT molecular complexity index is 686. The number of urea groups is 1. The van der Waals surface area contributed by atoms with Crippen LogP contribution < -0.4 is 5.32 Å². The molecule has 1 fully saturated rings. The second kappa shape index (κ2) is 7.10. The molecule has 1 saturated heterocycles. The van der Waals surface area contributed by atoms with Gasteiger partial charge in [0.25, 0.3) is 0 Å². The number of nitrogens with one attached hydrogen (secondary N) is 1. The zero-order valence-electron chi connectivity index (χ0n) is 13.2. The number of furan rings is 1. The number of carbonyl (C=O) groups is 1. The molecule has 0 bridgehead atoms. The molecule has 0 unspecified atom stereocenters. The first-order valence-electron chi connectivity index (χ1n) is 7.54. The summed E-state index contributed by atoms with van der Waals surface area (Å²) in [6.45, 7) is 3.42. The van der Waals surface area contributed by atoms with Gasteiger partial charge in [-0.25, -0.2) is 4.79 Å². The lowest BCUT2D eigenvalue weighted by atomic mass is 10.2. The predicted octanol–water partition coefficient (Wildman–Crippen LogP) is 3.92. The van der Waals surface area contributed by atoms with Crippen LogP contribution in [0, 0.1) is 6.92 Å². The van der Waals surface area contributed by atoms with Crippen LogP contribution in [-0.2, 0) is 4.74 Å². The van der Waals surface area contributed by atoms with E-state index in [0.29, 0.717) is 19.8 Å². The molecule has 1 aromatic carbocycles. The van der Waals surface area contributed by atoms with Crippen molar-refractivity contribution in [3.05, 3.63) is 47.9 Å². The summed E-state index contributed by atoms with van der Waals surface area (Å²) in [5, 5.41) is 3.01. The number of amides is 2. The van der Waals surface area contributed by atoms with Crippen molar-refractivity contribution >= 4 is 23.5 Å². The summed E-state index contributed by atoms with van der Waals surface area (Å²) in [4.78, 5) is 15.6. The summed E-state index contributed by atoms with van der Waals surface area (Å²) < 4.78 is 11.2. The van der Waals surface area contributed by atoms with Gasteiger partial charge in [-0.3, -0.25) is 0 Å². The second-order valence-corrected chi connectivity index (χ2v) is 6.21.